The van der Waals surface area contributed by atoms with Crippen molar-refractivity contribution < 1.29 is 28.7 Å². The number of carbonyl (C=O) groups excluding carboxylic acids is 4. The first kappa shape index (κ1) is 25.6. The fourth-order valence-corrected chi connectivity index (χ4v) is 2.33. The van der Waals surface area contributed by atoms with E-state index in [0.717, 1.165) is 0 Å². The molecule has 0 unspecified atom stereocenters. The van der Waals surface area contributed by atoms with E-state index in [4.69, 9.17) is 9.47 Å². The van der Waals surface area contributed by atoms with Gasteiger partial charge in [0.15, 0.2) is 0 Å². The maximum atomic E-state index is 12.3. The molecule has 0 radical (unpaired) electrons. The number of carbonyl (C=O) groups is 4. The molecule has 2 amide bonds. The molecule has 0 aromatic carbocycles. The van der Waals surface area contributed by atoms with Crippen LogP contribution in [0.25, 0.3) is 0 Å². The highest BCUT2D eigenvalue weighted by Gasteiger charge is 2.27. The fourth-order valence-electron chi connectivity index (χ4n) is 2.33. The number of hydrogen-bond acceptors (Lipinski definition) is 6. The second kappa shape index (κ2) is 12.2. The smallest absolute Gasteiger partial charge is 0.328 e. The van der Waals surface area contributed by atoms with Crippen LogP contribution in [0.4, 0.5) is 0 Å². The predicted octanol–water partition coefficient (Wildman–Crippen LogP) is 1.44. The van der Waals surface area contributed by atoms with Gasteiger partial charge in [-0.1, -0.05) is 53.7 Å². The van der Waals surface area contributed by atoms with E-state index in [1.54, 1.807) is 53.7 Å². The van der Waals surface area contributed by atoms with Crippen LogP contribution in [0.3, 0.4) is 0 Å². The minimum Gasteiger partial charge on any atom is -0.467 e. The highest BCUT2D eigenvalue weighted by atomic mass is 16.5. The summed E-state index contributed by atoms with van der Waals surface area (Å²) >= 11 is 0. The third kappa shape index (κ3) is 8.10. The highest BCUT2D eigenvalue weighted by molar-refractivity contribution is 5.88. The van der Waals surface area contributed by atoms with E-state index in [-0.39, 0.29) is 23.7 Å². The van der Waals surface area contributed by atoms with Crippen molar-refractivity contribution in [1.29, 1.82) is 0 Å². The summed E-state index contributed by atoms with van der Waals surface area (Å²) in [5, 5.41) is 5.33. The molecule has 4 atom stereocenters. The first-order chi connectivity index (χ1) is 13.0. The zero-order chi connectivity index (χ0) is 22.0. The lowest BCUT2D eigenvalue weighted by Gasteiger charge is -2.22. The van der Waals surface area contributed by atoms with E-state index in [2.05, 4.69) is 10.6 Å². The van der Waals surface area contributed by atoms with Crippen LogP contribution < -0.4 is 10.6 Å². The monoisotopic (exact) mass is 398 g/mol. The Labute approximate surface area is 167 Å². The molecule has 0 aromatic heterocycles. The largest absolute Gasteiger partial charge is 0.467 e. The van der Waals surface area contributed by atoms with Crippen molar-refractivity contribution in [3.63, 3.8) is 0 Å². The van der Waals surface area contributed by atoms with Gasteiger partial charge >= 0.3 is 11.9 Å². The molecule has 28 heavy (non-hydrogen) atoms. The van der Waals surface area contributed by atoms with Gasteiger partial charge in [-0.3, -0.25) is 9.59 Å². The Morgan fingerprint density at radius 2 is 0.929 bits per heavy atom. The standard InChI is InChI=1S/C20H34N2O6/c1-11(2)15(19(25)27-7)21-17(23)13(5)9-10-14(6)18(24)22-16(12(3)4)20(26)28-8/h9-16H,1-8H3,(H,21,23)(H,22,24)/b10-9+/t13-,14+,15-,16-/m0/s1. The molecule has 0 aromatic rings. The zero-order valence-electron chi connectivity index (χ0n) is 18.1. The van der Waals surface area contributed by atoms with Crippen LogP contribution in [-0.2, 0) is 28.7 Å². The molecule has 0 heterocycles. The topological polar surface area (TPSA) is 111 Å². The maximum Gasteiger partial charge on any atom is 0.328 e. The SMILES string of the molecule is COC(=O)[C@@H](NC(=O)[C@H](C)/C=C/[C@H](C)C(=O)N[C@H](C(=O)OC)C(C)C)C(C)C. The summed E-state index contributed by atoms with van der Waals surface area (Å²) in [4.78, 5) is 48.2. The Hall–Kier alpha value is -2.38. The van der Waals surface area contributed by atoms with Crippen molar-refractivity contribution in [3.05, 3.63) is 12.2 Å². The minimum absolute atomic E-state index is 0.122. The zero-order valence-corrected chi connectivity index (χ0v) is 18.1. The van der Waals surface area contributed by atoms with Gasteiger partial charge < -0.3 is 20.1 Å². The van der Waals surface area contributed by atoms with Gasteiger partial charge in [0.2, 0.25) is 11.8 Å². The maximum absolute atomic E-state index is 12.3. The Balaban J connectivity index is 4.91. The van der Waals surface area contributed by atoms with E-state index in [9.17, 15) is 19.2 Å². The molecule has 160 valence electrons. The van der Waals surface area contributed by atoms with Crippen molar-refractivity contribution in [2.24, 2.45) is 23.7 Å². The average molecular weight is 399 g/mol. The molecular weight excluding hydrogens is 364 g/mol. The fraction of sp³-hybridized carbons (Fsp3) is 0.700. The quantitative estimate of drug-likeness (QED) is 0.426. The van der Waals surface area contributed by atoms with Gasteiger partial charge in [0, 0.05) is 0 Å². The second-order valence-corrected chi connectivity index (χ2v) is 7.47. The summed E-state index contributed by atoms with van der Waals surface area (Å²) in [5.41, 5.74) is 0. The van der Waals surface area contributed by atoms with Crippen LogP contribution in [-0.4, -0.2) is 50.1 Å². The van der Waals surface area contributed by atoms with Crippen molar-refractivity contribution in [2.45, 2.75) is 53.6 Å². The van der Waals surface area contributed by atoms with Crippen molar-refractivity contribution in [3.8, 4) is 0 Å². The summed E-state index contributed by atoms with van der Waals surface area (Å²) in [6.45, 7) is 10.6. The number of hydrogen-bond donors (Lipinski definition) is 2. The van der Waals surface area contributed by atoms with Crippen LogP contribution in [0.5, 0.6) is 0 Å². The molecular formula is C20H34N2O6. The third-order valence-electron chi connectivity index (χ3n) is 4.35. The van der Waals surface area contributed by atoms with Gasteiger partial charge in [-0.2, -0.15) is 0 Å². The molecule has 2 N–H and O–H groups in total. The van der Waals surface area contributed by atoms with E-state index in [1.165, 1.54) is 14.2 Å². The molecule has 0 aliphatic rings. The van der Waals surface area contributed by atoms with E-state index < -0.39 is 35.9 Å². The van der Waals surface area contributed by atoms with Crippen LogP contribution >= 0.6 is 0 Å². The third-order valence-corrected chi connectivity index (χ3v) is 4.35. The summed E-state index contributed by atoms with van der Waals surface area (Å²) in [6.07, 6.45) is 3.19. The molecule has 0 rings (SSSR count). The molecule has 0 saturated heterocycles. The first-order valence-electron chi connectivity index (χ1n) is 9.40. The molecule has 0 fully saturated rings. The van der Waals surface area contributed by atoms with Gasteiger partial charge in [-0.15, -0.1) is 0 Å². The summed E-state index contributed by atoms with van der Waals surface area (Å²) in [7, 11) is 2.54. The number of nitrogens with one attached hydrogen (secondary N) is 2. The number of amides is 2. The molecule has 0 spiro atoms. The first-order valence-corrected chi connectivity index (χ1v) is 9.40. The summed E-state index contributed by atoms with van der Waals surface area (Å²) in [5.74, 6) is -3.05. The summed E-state index contributed by atoms with van der Waals surface area (Å²) in [6, 6.07) is -1.47. The predicted molar refractivity (Wildman–Crippen MR) is 105 cm³/mol. The Bertz CT molecular complexity index is 535. The van der Waals surface area contributed by atoms with Crippen molar-refractivity contribution in [1.82, 2.24) is 10.6 Å². The number of ether oxygens (including phenoxy) is 2. The van der Waals surface area contributed by atoms with Crippen LogP contribution in [0.2, 0.25) is 0 Å². The molecule has 0 saturated carbocycles. The minimum atomic E-state index is -0.735. The van der Waals surface area contributed by atoms with E-state index >= 15 is 0 Å². The number of rotatable bonds is 10. The average Bonchev–Trinajstić information content (AvgIpc) is 2.65. The second-order valence-electron chi connectivity index (χ2n) is 7.47. The van der Waals surface area contributed by atoms with E-state index in [0.29, 0.717) is 0 Å². The van der Waals surface area contributed by atoms with Gasteiger partial charge in [0.1, 0.15) is 12.1 Å². The van der Waals surface area contributed by atoms with Gasteiger partial charge in [0.05, 0.1) is 26.1 Å². The Morgan fingerprint density at radius 3 is 1.14 bits per heavy atom. The molecule has 8 heteroatoms. The normalized spacial score (nSPS) is 15.6. The highest BCUT2D eigenvalue weighted by Crippen LogP contribution is 2.10. The molecule has 8 nitrogen and oxygen atoms in total. The molecule has 0 bridgehead atoms. The Morgan fingerprint density at radius 1 is 0.643 bits per heavy atom. The lowest BCUT2D eigenvalue weighted by Crippen LogP contribution is -2.47. The van der Waals surface area contributed by atoms with Gasteiger partial charge in [-0.05, 0) is 11.8 Å². The summed E-state index contributed by atoms with van der Waals surface area (Å²) < 4.78 is 9.41. The molecule has 0 aliphatic carbocycles. The van der Waals surface area contributed by atoms with Crippen LogP contribution in [0.1, 0.15) is 41.5 Å². The van der Waals surface area contributed by atoms with E-state index in [1.807, 2.05) is 0 Å². The lowest BCUT2D eigenvalue weighted by atomic mass is 10.0. The van der Waals surface area contributed by atoms with Crippen LogP contribution in [0.15, 0.2) is 12.2 Å². The lowest BCUT2D eigenvalue weighted by molar-refractivity contribution is -0.147. The molecule has 0 aliphatic heterocycles. The van der Waals surface area contributed by atoms with Crippen LogP contribution in [0, 0.1) is 23.7 Å². The van der Waals surface area contributed by atoms with Gasteiger partial charge in [-0.25, -0.2) is 9.59 Å². The van der Waals surface area contributed by atoms with Crippen molar-refractivity contribution >= 4 is 23.8 Å². The van der Waals surface area contributed by atoms with Crippen molar-refractivity contribution in [2.75, 3.05) is 14.2 Å². The Kier molecular flexibility index (Phi) is 11.1. The number of methoxy groups -OCH3 is 2. The number of esters is 2. The van der Waals surface area contributed by atoms with Gasteiger partial charge in [0.25, 0.3) is 0 Å².